The van der Waals surface area contributed by atoms with Gasteiger partial charge >= 0.3 is 0 Å². The molecule has 1 aromatic rings. The van der Waals surface area contributed by atoms with Crippen LogP contribution in [0.25, 0.3) is 6.08 Å². The molecule has 0 heterocycles. The molecule has 92 valence electrons. The average Bonchev–Trinajstić information content (AvgIpc) is 2.40. The molecule has 0 aromatic heterocycles. The molecule has 1 aromatic carbocycles. The average molecular weight is 229 g/mol. The van der Waals surface area contributed by atoms with Crippen molar-refractivity contribution < 1.29 is 0 Å². The van der Waals surface area contributed by atoms with Gasteiger partial charge in [0.15, 0.2) is 0 Å². The van der Waals surface area contributed by atoms with Gasteiger partial charge in [-0.2, -0.15) is 0 Å². The van der Waals surface area contributed by atoms with E-state index in [1.54, 1.807) is 0 Å². The number of rotatable bonds is 4. The van der Waals surface area contributed by atoms with Crippen LogP contribution in [-0.4, -0.2) is 6.04 Å². The van der Waals surface area contributed by atoms with Crippen molar-refractivity contribution in [2.24, 2.45) is 0 Å². The molecule has 0 saturated heterocycles. The van der Waals surface area contributed by atoms with Gasteiger partial charge in [-0.3, -0.25) is 0 Å². The van der Waals surface area contributed by atoms with E-state index in [1.807, 2.05) is 0 Å². The van der Waals surface area contributed by atoms with E-state index in [4.69, 9.17) is 0 Å². The SMILES string of the molecule is C/C=C/c1ccc(CNC2CCCCC2)cc1. The van der Waals surface area contributed by atoms with Gasteiger partial charge in [0.1, 0.15) is 0 Å². The molecule has 2 rings (SSSR count). The van der Waals surface area contributed by atoms with Crippen molar-refractivity contribution in [2.45, 2.75) is 51.6 Å². The van der Waals surface area contributed by atoms with Crippen molar-refractivity contribution in [3.8, 4) is 0 Å². The Morgan fingerprint density at radius 1 is 1.12 bits per heavy atom. The van der Waals surface area contributed by atoms with E-state index in [9.17, 15) is 0 Å². The van der Waals surface area contributed by atoms with Gasteiger partial charge in [0.05, 0.1) is 0 Å². The van der Waals surface area contributed by atoms with Crippen LogP contribution in [0.15, 0.2) is 30.3 Å². The number of nitrogens with one attached hydrogen (secondary N) is 1. The lowest BCUT2D eigenvalue weighted by molar-refractivity contribution is 0.372. The predicted octanol–water partition coefficient (Wildman–Crippen LogP) is 4.14. The molecule has 1 heteroatoms. The van der Waals surface area contributed by atoms with Crippen LogP contribution in [0.5, 0.6) is 0 Å². The van der Waals surface area contributed by atoms with Crippen LogP contribution in [-0.2, 0) is 6.54 Å². The molecule has 1 fully saturated rings. The molecule has 0 atom stereocenters. The molecular formula is C16H23N. The first-order chi connectivity index (χ1) is 8.38. The summed E-state index contributed by atoms with van der Waals surface area (Å²) < 4.78 is 0. The van der Waals surface area contributed by atoms with E-state index in [1.165, 1.54) is 43.2 Å². The first-order valence-electron chi connectivity index (χ1n) is 6.83. The number of hydrogen-bond donors (Lipinski definition) is 1. The third kappa shape index (κ3) is 4.01. The number of allylic oxidation sites excluding steroid dienone is 1. The quantitative estimate of drug-likeness (QED) is 0.818. The smallest absolute Gasteiger partial charge is 0.0208 e. The van der Waals surface area contributed by atoms with Gasteiger partial charge < -0.3 is 5.32 Å². The highest BCUT2D eigenvalue weighted by molar-refractivity contribution is 5.49. The van der Waals surface area contributed by atoms with Crippen LogP contribution < -0.4 is 5.32 Å². The molecule has 0 radical (unpaired) electrons. The van der Waals surface area contributed by atoms with Crippen LogP contribution in [0.2, 0.25) is 0 Å². The summed E-state index contributed by atoms with van der Waals surface area (Å²) in [6, 6.07) is 9.59. The van der Waals surface area contributed by atoms with Crippen LogP contribution in [0.1, 0.15) is 50.2 Å². The largest absolute Gasteiger partial charge is 0.310 e. The molecule has 1 saturated carbocycles. The first kappa shape index (κ1) is 12.4. The lowest BCUT2D eigenvalue weighted by Gasteiger charge is -2.22. The van der Waals surface area contributed by atoms with Crippen LogP contribution in [0, 0.1) is 0 Å². The Bertz CT molecular complexity index is 344. The van der Waals surface area contributed by atoms with Crippen molar-refractivity contribution in [1.29, 1.82) is 0 Å². The normalized spacial score (nSPS) is 17.7. The van der Waals surface area contributed by atoms with Crippen LogP contribution in [0.4, 0.5) is 0 Å². The predicted molar refractivity (Wildman–Crippen MR) is 74.9 cm³/mol. The molecular weight excluding hydrogens is 206 g/mol. The van der Waals surface area contributed by atoms with Crippen molar-refractivity contribution in [3.63, 3.8) is 0 Å². The van der Waals surface area contributed by atoms with E-state index < -0.39 is 0 Å². The maximum atomic E-state index is 3.67. The summed E-state index contributed by atoms with van der Waals surface area (Å²) in [5, 5.41) is 3.67. The van der Waals surface area contributed by atoms with Crippen LogP contribution in [0.3, 0.4) is 0 Å². The Labute approximate surface area is 105 Å². The van der Waals surface area contributed by atoms with Gasteiger partial charge in [-0.15, -0.1) is 0 Å². The molecule has 0 spiro atoms. The first-order valence-corrected chi connectivity index (χ1v) is 6.83. The summed E-state index contributed by atoms with van der Waals surface area (Å²) >= 11 is 0. The van der Waals surface area contributed by atoms with Crippen molar-refractivity contribution in [2.75, 3.05) is 0 Å². The van der Waals surface area contributed by atoms with Gasteiger partial charge in [-0.25, -0.2) is 0 Å². The Kier molecular flexibility index (Phi) is 4.81. The Balaban J connectivity index is 1.81. The zero-order chi connectivity index (χ0) is 11.9. The van der Waals surface area contributed by atoms with Gasteiger partial charge in [0, 0.05) is 12.6 Å². The summed E-state index contributed by atoms with van der Waals surface area (Å²) in [6.45, 7) is 3.07. The zero-order valence-electron chi connectivity index (χ0n) is 10.8. The van der Waals surface area contributed by atoms with Gasteiger partial charge in [0.2, 0.25) is 0 Å². The van der Waals surface area contributed by atoms with Crippen LogP contribution >= 0.6 is 0 Å². The fraction of sp³-hybridized carbons (Fsp3) is 0.500. The lowest BCUT2D eigenvalue weighted by Crippen LogP contribution is -2.30. The topological polar surface area (TPSA) is 12.0 Å². The second-order valence-electron chi connectivity index (χ2n) is 4.96. The second kappa shape index (κ2) is 6.61. The van der Waals surface area contributed by atoms with Crippen molar-refractivity contribution in [1.82, 2.24) is 5.32 Å². The molecule has 0 amide bonds. The molecule has 1 nitrogen and oxygen atoms in total. The number of hydrogen-bond acceptors (Lipinski definition) is 1. The summed E-state index contributed by atoms with van der Waals surface area (Å²) in [5.41, 5.74) is 2.68. The van der Waals surface area contributed by atoms with E-state index in [-0.39, 0.29) is 0 Å². The maximum absolute atomic E-state index is 3.67. The highest BCUT2D eigenvalue weighted by Gasteiger charge is 2.11. The number of benzene rings is 1. The fourth-order valence-corrected chi connectivity index (χ4v) is 2.51. The van der Waals surface area contributed by atoms with Gasteiger partial charge in [-0.05, 0) is 30.9 Å². The lowest BCUT2D eigenvalue weighted by atomic mass is 9.95. The summed E-state index contributed by atoms with van der Waals surface area (Å²) in [4.78, 5) is 0. The summed E-state index contributed by atoms with van der Waals surface area (Å²) in [7, 11) is 0. The van der Waals surface area contributed by atoms with Gasteiger partial charge in [-0.1, -0.05) is 55.7 Å². The Morgan fingerprint density at radius 3 is 2.47 bits per heavy atom. The van der Waals surface area contributed by atoms with Crippen molar-refractivity contribution >= 4 is 6.08 Å². The highest BCUT2D eigenvalue weighted by atomic mass is 14.9. The maximum Gasteiger partial charge on any atom is 0.0208 e. The third-order valence-corrected chi connectivity index (χ3v) is 3.54. The fourth-order valence-electron chi connectivity index (χ4n) is 2.51. The summed E-state index contributed by atoms with van der Waals surface area (Å²) in [6.07, 6.45) is 11.2. The minimum Gasteiger partial charge on any atom is -0.310 e. The van der Waals surface area contributed by atoms with E-state index >= 15 is 0 Å². The second-order valence-corrected chi connectivity index (χ2v) is 4.96. The molecule has 1 N–H and O–H groups in total. The minimum absolute atomic E-state index is 0.749. The van der Waals surface area contributed by atoms with E-state index in [0.717, 1.165) is 12.6 Å². The zero-order valence-corrected chi connectivity index (χ0v) is 10.8. The molecule has 1 aliphatic carbocycles. The van der Waals surface area contributed by atoms with Gasteiger partial charge in [0.25, 0.3) is 0 Å². The molecule has 0 unspecified atom stereocenters. The summed E-state index contributed by atoms with van der Waals surface area (Å²) in [5.74, 6) is 0. The van der Waals surface area contributed by atoms with E-state index in [0.29, 0.717) is 0 Å². The van der Waals surface area contributed by atoms with E-state index in [2.05, 4.69) is 48.7 Å². The molecule has 0 aliphatic heterocycles. The van der Waals surface area contributed by atoms with Crippen molar-refractivity contribution in [3.05, 3.63) is 41.5 Å². The Morgan fingerprint density at radius 2 is 1.82 bits per heavy atom. The Hall–Kier alpha value is -1.08. The minimum atomic E-state index is 0.749. The monoisotopic (exact) mass is 229 g/mol. The third-order valence-electron chi connectivity index (χ3n) is 3.54. The molecule has 17 heavy (non-hydrogen) atoms. The molecule has 0 bridgehead atoms. The standard InChI is InChI=1S/C16H23N/c1-2-6-14-9-11-15(12-10-14)13-17-16-7-4-3-5-8-16/h2,6,9-12,16-17H,3-5,7-8,13H2,1H3/b6-2+. The highest BCUT2D eigenvalue weighted by Crippen LogP contribution is 2.17. The molecule has 1 aliphatic rings.